The van der Waals surface area contributed by atoms with E-state index in [4.69, 9.17) is 9.15 Å². The molecule has 176 valence electrons. The molecule has 4 aromatic rings. The van der Waals surface area contributed by atoms with Crippen molar-refractivity contribution in [1.82, 2.24) is 29.8 Å². The highest BCUT2D eigenvalue weighted by Gasteiger charge is 2.27. The van der Waals surface area contributed by atoms with E-state index in [-0.39, 0.29) is 11.9 Å². The standard InChI is InChI=1S/C24H27N7O3/c1-29(2)16-8-10-30(13-16)24-17-11-20(34-19(17)7-9-25-24)18-12-26-21-4-6-23(28-31(18)21)33-14-15-3-5-22(32)27-15/h4,6-7,9,11-12,15-16H,3,5,8,10,13-14H2,1-2H3,(H,27,32)/t15-,16+/m1/s1. The lowest BCUT2D eigenvalue weighted by Crippen LogP contribution is -2.31. The molecular weight excluding hydrogens is 434 g/mol. The first-order valence-corrected chi connectivity index (χ1v) is 11.6. The lowest BCUT2D eigenvalue weighted by molar-refractivity contribution is -0.119. The molecule has 6 heterocycles. The summed E-state index contributed by atoms with van der Waals surface area (Å²) in [5, 5.41) is 8.51. The molecule has 6 rings (SSSR count). The molecule has 2 fully saturated rings. The van der Waals surface area contributed by atoms with E-state index in [1.54, 1.807) is 23.0 Å². The maximum absolute atomic E-state index is 11.4. The molecule has 4 aromatic heterocycles. The van der Waals surface area contributed by atoms with E-state index in [1.807, 2.05) is 18.2 Å². The molecule has 0 spiro atoms. The number of imidazole rings is 1. The van der Waals surface area contributed by atoms with Crippen LogP contribution >= 0.6 is 0 Å². The summed E-state index contributed by atoms with van der Waals surface area (Å²) in [5.74, 6) is 2.16. The molecule has 1 N–H and O–H groups in total. The molecule has 0 saturated carbocycles. The van der Waals surface area contributed by atoms with Crippen molar-refractivity contribution in [1.29, 1.82) is 0 Å². The van der Waals surface area contributed by atoms with Gasteiger partial charge in [0.1, 0.15) is 23.7 Å². The maximum Gasteiger partial charge on any atom is 0.231 e. The number of likely N-dealkylation sites (N-methyl/N-ethyl adjacent to an activating group) is 1. The van der Waals surface area contributed by atoms with E-state index < -0.39 is 0 Å². The van der Waals surface area contributed by atoms with Gasteiger partial charge in [0.25, 0.3) is 0 Å². The van der Waals surface area contributed by atoms with Crippen LogP contribution in [0.1, 0.15) is 19.3 Å². The summed E-state index contributed by atoms with van der Waals surface area (Å²) in [6, 6.07) is 8.10. The molecule has 1 amide bonds. The van der Waals surface area contributed by atoms with Crippen LogP contribution in [-0.2, 0) is 4.79 Å². The monoisotopic (exact) mass is 461 g/mol. The van der Waals surface area contributed by atoms with Crippen LogP contribution in [0.4, 0.5) is 5.82 Å². The Labute approximate surface area is 196 Å². The molecular formula is C24H27N7O3. The zero-order valence-corrected chi connectivity index (χ0v) is 19.3. The Hall–Kier alpha value is -3.66. The van der Waals surface area contributed by atoms with E-state index in [2.05, 4.69) is 44.3 Å². The maximum atomic E-state index is 11.4. The summed E-state index contributed by atoms with van der Waals surface area (Å²) in [4.78, 5) is 25.2. The van der Waals surface area contributed by atoms with E-state index in [0.29, 0.717) is 36.4 Å². The number of amides is 1. The molecule has 0 radical (unpaired) electrons. The molecule has 10 nitrogen and oxygen atoms in total. The van der Waals surface area contributed by atoms with E-state index >= 15 is 0 Å². The van der Waals surface area contributed by atoms with Crippen LogP contribution in [0.2, 0.25) is 0 Å². The SMILES string of the molecule is CN(C)[C@H]1CCN(c2nccc3oc(-c4cnc5ccc(OC[C@H]6CCC(=O)N6)nn45)cc23)C1. The molecule has 2 aliphatic rings. The first-order chi connectivity index (χ1) is 16.5. The number of nitrogens with one attached hydrogen (secondary N) is 1. The van der Waals surface area contributed by atoms with Crippen molar-refractivity contribution < 1.29 is 13.9 Å². The van der Waals surface area contributed by atoms with Crippen molar-refractivity contribution in [3.8, 4) is 17.3 Å². The van der Waals surface area contributed by atoms with Crippen molar-refractivity contribution in [2.75, 3.05) is 38.7 Å². The van der Waals surface area contributed by atoms with E-state index in [9.17, 15) is 4.79 Å². The third-order valence-corrected chi connectivity index (χ3v) is 6.73. The van der Waals surface area contributed by atoms with Crippen LogP contribution in [0.25, 0.3) is 28.1 Å². The number of aromatic nitrogens is 4. The smallest absolute Gasteiger partial charge is 0.231 e. The van der Waals surface area contributed by atoms with Crippen LogP contribution < -0.4 is 15.0 Å². The molecule has 0 aliphatic carbocycles. The quantitative estimate of drug-likeness (QED) is 0.467. The van der Waals surface area contributed by atoms with Gasteiger partial charge in [-0.25, -0.2) is 14.5 Å². The Balaban J connectivity index is 1.29. The number of fused-ring (bicyclic) bond motifs is 2. The average molecular weight is 462 g/mol. The summed E-state index contributed by atoms with van der Waals surface area (Å²) in [6.07, 6.45) is 5.99. The molecule has 0 aromatic carbocycles. The predicted octanol–water partition coefficient (Wildman–Crippen LogP) is 2.34. The normalized spacial score (nSPS) is 20.7. The number of nitrogens with zero attached hydrogens (tertiary/aromatic N) is 6. The van der Waals surface area contributed by atoms with Crippen molar-refractivity contribution in [2.45, 2.75) is 31.3 Å². The number of hydrogen-bond donors (Lipinski definition) is 1. The van der Waals surface area contributed by atoms with Crippen LogP contribution in [0.5, 0.6) is 5.88 Å². The number of carbonyl (C=O) groups is 1. The number of pyridine rings is 1. The second kappa shape index (κ2) is 8.28. The zero-order chi connectivity index (χ0) is 23.2. The van der Waals surface area contributed by atoms with Gasteiger partial charge in [0.05, 0.1) is 17.6 Å². The predicted molar refractivity (Wildman–Crippen MR) is 127 cm³/mol. The Morgan fingerprint density at radius 2 is 2.15 bits per heavy atom. The van der Waals surface area contributed by atoms with Crippen LogP contribution in [0.3, 0.4) is 0 Å². The highest BCUT2D eigenvalue weighted by atomic mass is 16.5. The summed E-state index contributed by atoms with van der Waals surface area (Å²) >= 11 is 0. The summed E-state index contributed by atoms with van der Waals surface area (Å²) < 4.78 is 13.8. The first kappa shape index (κ1) is 20.9. The number of ether oxygens (including phenoxy) is 1. The minimum Gasteiger partial charge on any atom is -0.474 e. The fourth-order valence-electron chi connectivity index (χ4n) is 4.77. The van der Waals surface area contributed by atoms with Gasteiger partial charge in [0.15, 0.2) is 11.4 Å². The highest BCUT2D eigenvalue weighted by Crippen LogP contribution is 2.34. The first-order valence-electron chi connectivity index (χ1n) is 11.6. The van der Waals surface area contributed by atoms with Crippen molar-refractivity contribution in [3.63, 3.8) is 0 Å². The lowest BCUT2D eigenvalue weighted by atomic mass is 10.2. The van der Waals surface area contributed by atoms with Gasteiger partial charge in [-0.2, -0.15) is 0 Å². The van der Waals surface area contributed by atoms with Crippen molar-refractivity contribution in [3.05, 3.63) is 36.7 Å². The second-order valence-electron chi connectivity index (χ2n) is 9.21. The molecule has 34 heavy (non-hydrogen) atoms. The Bertz CT molecular complexity index is 1360. The summed E-state index contributed by atoms with van der Waals surface area (Å²) in [7, 11) is 4.25. The number of furan rings is 1. The fourth-order valence-corrected chi connectivity index (χ4v) is 4.77. The number of hydrogen-bond acceptors (Lipinski definition) is 8. The number of anilines is 1. The molecule has 10 heteroatoms. The van der Waals surface area contributed by atoms with Gasteiger partial charge in [-0.05, 0) is 45.1 Å². The van der Waals surface area contributed by atoms with Gasteiger partial charge in [-0.1, -0.05) is 0 Å². The van der Waals surface area contributed by atoms with Crippen molar-refractivity contribution in [2.24, 2.45) is 0 Å². The molecule has 2 atom stereocenters. The fraction of sp³-hybridized carbons (Fsp3) is 0.417. The average Bonchev–Trinajstić information content (AvgIpc) is 3.62. The van der Waals surface area contributed by atoms with Gasteiger partial charge in [0.2, 0.25) is 11.8 Å². The topological polar surface area (TPSA) is 101 Å². The van der Waals surface area contributed by atoms with Gasteiger partial charge in [-0.3, -0.25) is 4.79 Å². The Kier molecular flexibility index (Phi) is 5.09. The lowest BCUT2D eigenvalue weighted by Gasteiger charge is -2.21. The Morgan fingerprint density at radius 1 is 1.24 bits per heavy atom. The second-order valence-corrected chi connectivity index (χ2v) is 9.21. The number of rotatable bonds is 6. The summed E-state index contributed by atoms with van der Waals surface area (Å²) in [5.41, 5.74) is 2.22. The zero-order valence-electron chi connectivity index (χ0n) is 19.3. The molecule has 2 saturated heterocycles. The minimum absolute atomic E-state index is 0.0197. The van der Waals surface area contributed by atoms with Crippen LogP contribution in [-0.4, -0.2) is 76.3 Å². The van der Waals surface area contributed by atoms with Gasteiger partial charge >= 0.3 is 0 Å². The van der Waals surface area contributed by atoms with Crippen LogP contribution in [0, 0.1) is 0 Å². The molecule has 2 aliphatic heterocycles. The highest BCUT2D eigenvalue weighted by molar-refractivity contribution is 5.92. The third-order valence-electron chi connectivity index (χ3n) is 6.73. The Morgan fingerprint density at radius 3 is 2.94 bits per heavy atom. The van der Waals surface area contributed by atoms with Gasteiger partial charge < -0.3 is 24.3 Å². The largest absolute Gasteiger partial charge is 0.474 e. The molecule has 0 unspecified atom stereocenters. The van der Waals surface area contributed by atoms with E-state index in [0.717, 1.165) is 48.4 Å². The van der Waals surface area contributed by atoms with E-state index in [1.165, 1.54) is 0 Å². The summed E-state index contributed by atoms with van der Waals surface area (Å²) in [6.45, 7) is 2.30. The minimum atomic E-state index is 0.0197. The number of carbonyl (C=O) groups excluding carboxylic acids is 1. The van der Waals surface area contributed by atoms with Crippen molar-refractivity contribution >= 4 is 28.3 Å². The molecule has 0 bridgehead atoms. The third kappa shape index (κ3) is 3.73. The van der Waals surface area contributed by atoms with Gasteiger partial charge in [0, 0.05) is 37.8 Å². The van der Waals surface area contributed by atoms with Crippen LogP contribution in [0.15, 0.2) is 41.1 Å². The van der Waals surface area contributed by atoms with Gasteiger partial charge in [-0.15, -0.1) is 5.10 Å².